The van der Waals surface area contributed by atoms with Crippen molar-refractivity contribution in [1.29, 1.82) is 0 Å². The highest BCUT2D eigenvalue weighted by Gasteiger charge is 2.26. The summed E-state index contributed by atoms with van der Waals surface area (Å²) in [7, 11) is 0. The predicted molar refractivity (Wildman–Crippen MR) is 65.9 cm³/mol. The van der Waals surface area contributed by atoms with E-state index in [4.69, 9.17) is 11.5 Å². The highest BCUT2D eigenvalue weighted by Crippen LogP contribution is 2.17. The molecule has 0 saturated carbocycles. The van der Waals surface area contributed by atoms with Gasteiger partial charge in [-0.2, -0.15) is 0 Å². The van der Waals surface area contributed by atoms with Gasteiger partial charge >= 0.3 is 0 Å². The van der Waals surface area contributed by atoms with Gasteiger partial charge in [0.1, 0.15) is 0 Å². The molecule has 4 N–H and O–H groups in total. The first kappa shape index (κ1) is 13.5. The van der Waals surface area contributed by atoms with Crippen LogP contribution in [-0.2, 0) is 4.79 Å². The molecule has 0 aromatic rings. The van der Waals surface area contributed by atoms with E-state index >= 15 is 0 Å². The van der Waals surface area contributed by atoms with Crippen LogP contribution >= 0.6 is 0 Å². The van der Waals surface area contributed by atoms with Crippen LogP contribution in [0.4, 0.5) is 0 Å². The van der Waals surface area contributed by atoms with E-state index in [9.17, 15) is 4.79 Å². The molecule has 16 heavy (non-hydrogen) atoms. The summed E-state index contributed by atoms with van der Waals surface area (Å²) < 4.78 is 0. The molecule has 94 valence electrons. The van der Waals surface area contributed by atoms with Gasteiger partial charge in [0, 0.05) is 6.54 Å². The van der Waals surface area contributed by atoms with Gasteiger partial charge in [0.15, 0.2) is 0 Å². The number of hydrogen-bond donors (Lipinski definition) is 2. The maximum absolute atomic E-state index is 11.1. The Hall–Kier alpha value is -0.610. The number of nitrogens with two attached hydrogens (primary N) is 2. The number of primary amides is 1. The number of hydrogen-bond acceptors (Lipinski definition) is 3. The van der Waals surface area contributed by atoms with Gasteiger partial charge in [-0.25, -0.2) is 0 Å². The molecule has 4 heteroatoms. The average Bonchev–Trinajstić information content (AvgIpc) is 2.40. The summed E-state index contributed by atoms with van der Waals surface area (Å²) in [5, 5.41) is 0. The van der Waals surface area contributed by atoms with E-state index in [-0.39, 0.29) is 0 Å². The lowest BCUT2D eigenvalue weighted by Crippen LogP contribution is -2.51. The lowest BCUT2D eigenvalue weighted by molar-refractivity contribution is -0.122. The van der Waals surface area contributed by atoms with E-state index in [1.165, 1.54) is 19.3 Å². The minimum atomic E-state index is -0.863. The molecule has 1 fully saturated rings. The Labute approximate surface area is 98.3 Å². The third-order valence-electron chi connectivity index (χ3n) is 3.62. The van der Waals surface area contributed by atoms with Crippen molar-refractivity contribution in [2.45, 2.75) is 45.1 Å². The second-order valence-electron chi connectivity index (χ2n) is 5.41. The highest BCUT2D eigenvalue weighted by molar-refractivity contribution is 5.83. The van der Waals surface area contributed by atoms with Crippen LogP contribution in [0.15, 0.2) is 0 Å². The Kier molecular flexibility index (Phi) is 4.74. The Morgan fingerprint density at radius 3 is 2.75 bits per heavy atom. The first-order valence-electron chi connectivity index (χ1n) is 6.23. The van der Waals surface area contributed by atoms with E-state index in [0.29, 0.717) is 6.42 Å². The molecule has 0 aliphatic carbocycles. The normalized spacial score (nSPS) is 27.1. The van der Waals surface area contributed by atoms with Gasteiger partial charge in [0.2, 0.25) is 5.91 Å². The highest BCUT2D eigenvalue weighted by atomic mass is 16.1. The van der Waals surface area contributed by atoms with Crippen LogP contribution in [0.3, 0.4) is 0 Å². The molecule has 4 nitrogen and oxygen atoms in total. The van der Waals surface area contributed by atoms with Gasteiger partial charge in [-0.05, 0) is 51.6 Å². The van der Waals surface area contributed by atoms with Crippen LogP contribution in [0, 0.1) is 5.92 Å². The van der Waals surface area contributed by atoms with Gasteiger partial charge in [0.25, 0.3) is 0 Å². The molecule has 0 bridgehead atoms. The third-order valence-corrected chi connectivity index (χ3v) is 3.62. The molecule has 1 heterocycles. The van der Waals surface area contributed by atoms with Crippen LogP contribution < -0.4 is 11.5 Å². The van der Waals surface area contributed by atoms with Crippen LogP contribution in [0.1, 0.15) is 39.5 Å². The summed E-state index contributed by atoms with van der Waals surface area (Å²) in [6, 6.07) is 0. The van der Waals surface area contributed by atoms with Crippen molar-refractivity contribution in [1.82, 2.24) is 4.90 Å². The minimum absolute atomic E-state index is 0.407. The van der Waals surface area contributed by atoms with Crippen molar-refractivity contribution >= 4 is 5.91 Å². The van der Waals surface area contributed by atoms with Crippen LogP contribution in [0.5, 0.6) is 0 Å². The summed E-state index contributed by atoms with van der Waals surface area (Å²) in [4.78, 5) is 13.5. The number of amides is 1. The molecular weight excluding hydrogens is 202 g/mol. The molecule has 1 rings (SSSR count). The van der Waals surface area contributed by atoms with E-state index < -0.39 is 11.4 Å². The van der Waals surface area contributed by atoms with Gasteiger partial charge in [-0.1, -0.05) is 6.92 Å². The fourth-order valence-corrected chi connectivity index (χ4v) is 2.06. The molecule has 0 spiro atoms. The lowest BCUT2D eigenvalue weighted by Gasteiger charge is -2.26. The maximum Gasteiger partial charge on any atom is 0.237 e. The molecule has 0 radical (unpaired) electrons. The molecule has 0 aromatic carbocycles. The topological polar surface area (TPSA) is 72.3 Å². The zero-order valence-electron chi connectivity index (χ0n) is 10.5. The molecule has 2 unspecified atom stereocenters. The number of rotatable bonds is 4. The number of carbonyl (C=O) groups excluding carboxylic acids is 1. The molecule has 1 aliphatic heterocycles. The second-order valence-corrected chi connectivity index (χ2v) is 5.41. The summed E-state index contributed by atoms with van der Waals surface area (Å²) >= 11 is 0. The van der Waals surface area contributed by atoms with Gasteiger partial charge in [-0.15, -0.1) is 0 Å². The van der Waals surface area contributed by atoms with E-state index in [0.717, 1.165) is 25.6 Å². The SMILES string of the molecule is CC1CCCN(CCC(C)(N)C(N)=O)CC1. The molecule has 2 atom stereocenters. The summed E-state index contributed by atoms with van der Waals surface area (Å²) in [6.45, 7) is 7.15. The Morgan fingerprint density at radius 2 is 2.12 bits per heavy atom. The monoisotopic (exact) mass is 227 g/mol. The Morgan fingerprint density at radius 1 is 1.44 bits per heavy atom. The summed E-state index contributed by atoms with van der Waals surface area (Å²) in [5.41, 5.74) is 10.2. The molecule has 1 amide bonds. The smallest absolute Gasteiger partial charge is 0.237 e. The lowest BCUT2D eigenvalue weighted by atomic mass is 9.98. The number of carbonyl (C=O) groups is 1. The standard InChI is InChI=1S/C12H25N3O/c1-10-4-3-7-15(8-5-10)9-6-12(2,14)11(13)16/h10H,3-9,14H2,1-2H3,(H2,13,16). The van der Waals surface area contributed by atoms with Crippen LogP contribution in [-0.4, -0.2) is 36.0 Å². The van der Waals surface area contributed by atoms with Crippen molar-refractivity contribution in [2.24, 2.45) is 17.4 Å². The first-order valence-corrected chi connectivity index (χ1v) is 6.23. The zero-order chi connectivity index (χ0) is 12.2. The third kappa shape index (κ3) is 4.10. The maximum atomic E-state index is 11.1. The largest absolute Gasteiger partial charge is 0.368 e. The van der Waals surface area contributed by atoms with Crippen molar-refractivity contribution in [3.8, 4) is 0 Å². The zero-order valence-corrected chi connectivity index (χ0v) is 10.5. The quantitative estimate of drug-likeness (QED) is 0.742. The molecular formula is C12H25N3O. The van der Waals surface area contributed by atoms with Crippen molar-refractivity contribution in [2.75, 3.05) is 19.6 Å². The Balaban J connectivity index is 2.34. The summed E-state index contributed by atoms with van der Waals surface area (Å²) in [5.74, 6) is 0.418. The first-order chi connectivity index (χ1) is 7.42. The summed E-state index contributed by atoms with van der Waals surface area (Å²) in [6.07, 6.45) is 4.46. The molecule has 0 aromatic heterocycles. The minimum Gasteiger partial charge on any atom is -0.368 e. The average molecular weight is 227 g/mol. The van der Waals surface area contributed by atoms with Crippen LogP contribution in [0.25, 0.3) is 0 Å². The van der Waals surface area contributed by atoms with E-state index in [1.807, 2.05) is 0 Å². The second kappa shape index (κ2) is 5.64. The fraction of sp³-hybridized carbons (Fsp3) is 0.917. The van der Waals surface area contributed by atoms with Gasteiger partial charge < -0.3 is 16.4 Å². The number of nitrogens with zero attached hydrogens (tertiary/aromatic N) is 1. The van der Waals surface area contributed by atoms with Gasteiger partial charge in [0.05, 0.1) is 5.54 Å². The van der Waals surface area contributed by atoms with E-state index in [2.05, 4.69) is 11.8 Å². The molecule has 1 saturated heterocycles. The van der Waals surface area contributed by atoms with Crippen molar-refractivity contribution in [3.63, 3.8) is 0 Å². The Bertz CT molecular complexity index is 240. The fourth-order valence-electron chi connectivity index (χ4n) is 2.06. The predicted octanol–water partition coefficient (Wildman–Crippen LogP) is 0.701. The van der Waals surface area contributed by atoms with Gasteiger partial charge in [-0.3, -0.25) is 4.79 Å². The van der Waals surface area contributed by atoms with Crippen molar-refractivity contribution in [3.05, 3.63) is 0 Å². The van der Waals surface area contributed by atoms with Crippen LogP contribution in [0.2, 0.25) is 0 Å². The molecule has 1 aliphatic rings. The van der Waals surface area contributed by atoms with E-state index in [1.54, 1.807) is 6.92 Å². The van der Waals surface area contributed by atoms with Crippen molar-refractivity contribution < 1.29 is 4.79 Å². The number of likely N-dealkylation sites (tertiary alicyclic amines) is 1.